The van der Waals surface area contributed by atoms with Gasteiger partial charge in [0, 0.05) is 29.6 Å². The Morgan fingerprint density at radius 2 is 1.77 bits per heavy atom. The van der Waals surface area contributed by atoms with E-state index >= 15 is 0 Å². The lowest BCUT2D eigenvalue weighted by molar-refractivity contribution is -0.140. The van der Waals surface area contributed by atoms with Gasteiger partial charge >= 0.3 is 6.09 Å². The second kappa shape index (κ2) is 13.5. The Morgan fingerprint density at radius 3 is 2.37 bits per heavy atom. The van der Waals surface area contributed by atoms with Crippen LogP contribution < -0.4 is 15.4 Å². The van der Waals surface area contributed by atoms with E-state index in [9.17, 15) is 37.1 Å². The molecule has 6 atom stereocenters. The Bertz CT molecular complexity index is 1910. The molecular formula is C38H48FN5O7S. The molecule has 0 radical (unpaired) electrons. The van der Waals surface area contributed by atoms with Crippen molar-refractivity contribution in [3.8, 4) is 0 Å². The molecule has 2 saturated carbocycles. The van der Waals surface area contributed by atoms with Crippen LogP contribution in [0.25, 0.3) is 0 Å². The highest BCUT2D eigenvalue weighted by Gasteiger charge is 2.62. The summed E-state index contributed by atoms with van der Waals surface area (Å²) in [5.74, 6) is -3.86. The van der Waals surface area contributed by atoms with E-state index in [0.29, 0.717) is 24.1 Å². The van der Waals surface area contributed by atoms with Crippen LogP contribution in [0.3, 0.4) is 0 Å². The fourth-order valence-electron chi connectivity index (χ4n) is 7.71. The van der Waals surface area contributed by atoms with E-state index in [-0.39, 0.29) is 42.8 Å². The summed E-state index contributed by atoms with van der Waals surface area (Å²) in [6.45, 7) is 13.6. The number of halogens is 1. The van der Waals surface area contributed by atoms with Crippen molar-refractivity contribution in [2.45, 2.75) is 101 Å². The molecule has 2 aliphatic heterocycles. The monoisotopic (exact) mass is 737 g/mol. The highest BCUT2D eigenvalue weighted by atomic mass is 32.2. The lowest BCUT2D eigenvalue weighted by Crippen LogP contribution is -2.58. The standard InChI is InChI=1S/C38H48FN5O7S/c1-7-23-18-38(23,35(47)42-52(50,51)26-14-15-26)41-33(45)30-16-22(32-27-12-9-13-29(39)28(27)20-44(32)36(48)49)19-43(30)34(46)31(21(2)3)40-25-11-8-10-24(17-25)37(4,5)6/h7-13,17,21-23,26,30-32,40H,1,14-16,18-20H2,2-6H3,(H,41,45)(H,42,47)(H,48,49)/t22-,23-,30+,31+,32?,38-/m1/s1. The third-order valence-corrected chi connectivity index (χ3v) is 12.8. The van der Waals surface area contributed by atoms with Gasteiger partial charge in [-0.3, -0.25) is 24.0 Å². The quantitative estimate of drug-likeness (QED) is 0.242. The molecule has 2 aromatic rings. The number of nitrogens with one attached hydrogen (secondary N) is 3. The molecule has 4 aliphatic rings. The summed E-state index contributed by atoms with van der Waals surface area (Å²) in [6, 6.07) is 9.44. The molecule has 6 rings (SSSR count). The van der Waals surface area contributed by atoms with Gasteiger partial charge in [-0.25, -0.2) is 17.6 Å². The average molecular weight is 738 g/mol. The SMILES string of the molecule is C=C[C@@H]1C[C@]1(NC(=O)[C@@H]1C[C@@H](C2c3cccc(F)c3CN2C(=O)O)CN1C(=O)[C@@H](Nc1cccc(C(C)(C)C)c1)C(C)C)C(=O)NS(=O)(=O)C1CC1. The molecule has 0 spiro atoms. The molecule has 0 bridgehead atoms. The Hall–Kier alpha value is -4.46. The van der Waals surface area contributed by atoms with E-state index in [4.69, 9.17) is 0 Å². The van der Waals surface area contributed by atoms with Crippen molar-refractivity contribution in [2.75, 3.05) is 11.9 Å². The van der Waals surface area contributed by atoms with Gasteiger partial charge in [-0.1, -0.05) is 65.0 Å². The van der Waals surface area contributed by atoms with E-state index in [1.54, 1.807) is 6.07 Å². The topological polar surface area (TPSA) is 165 Å². The summed E-state index contributed by atoms with van der Waals surface area (Å²) >= 11 is 0. The number of benzene rings is 2. The maximum absolute atomic E-state index is 15.0. The number of hydrogen-bond acceptors (Lipinski definition) is 7. The number of amides is 4. The minimum Gasteiger partial charge on any atom is -0.465 e. The Balaban J connectivity index is 1.33. The minimum atomic E-state index is -3.92. The largest absolute Gasteiger partial charge is 0.465 e. The zero-order valence-electron chi connectivity index (χ0n) is 30.2. The fraction of sp³-hybridized carbons (Fsp3) is 0.526. The van der Waals surface area contributed by atoms with Crippen molar-refractivity contribution in [3.63, 3.8) is 0 Å². The van der Waals surface area contributed by atoms with Crippen LogP contribution in [-0.4, -0.2) is 76.6 Å². The molecule has 2 aliphatic carbocycles. The van der Waals surface area contributed by atoms with E-state index < -0.39 is 80.4 Å². The number of carboxylic acid groups (broad SMARTS) is 1. The first-order valence-electron chi connectivity index (χ1n) is 17.8. The van der Waals surface area contributed by atoms with E-state index in [1.807, 2.05) is 38.1 Å². The van der Waals surface area contributed by atoms with Gasteiger partial charge in [0.1, 0.15) is 23.4 Å². The van der Waals surface area contributed by atoms with Crippen LogP contribution in [0.2, 0.25) is 0 Å². The highest BCUT2D eigenvalue weighted by molar-refractivity contribution is 7.91. The number of rotatable bonds is 11. The maximum Gasteiger partial charge on any atom is 0.408 e. The summed E-state index contributed by atoms with van der Waals surface area (Å²) in [6.07, 6.45) is 1.26. The van der Waals surface area contributed by atoms with Crippen molar-refractivity contribution >= 4 is 39.5 Å². The predicted octanol–water partition coefficient (Wildman–Crippen LogP) is 4.68. The number of anilines is 1. The number of fused-ring (bicyclic) bond motifs is 1. The lowest BCUT2D eigenvalue weighted by atomic mass is 9.87. The van der Waals surface area contributed by atoms with Gasteiger partial charge < -0.3 is 20.6 Å². The van der Waals surface area contributed by atoms with Crippen LogP contribution in [0, 0.1) is 23.6 Å². The molecule has 4 N–H and O–H groups in total. The Kier molecular flexibility index (Phi) is 9.69. The third kappa shape index (κ3) is 7.01. The van der Waals surface area contributed by atoms with Gasteiger partial charge in [0.15, 0.2) is 0 Å². The molecular weight excluding hydrogens is 690 g/mol. The van der Waals surface area contributed by atoms with Gasteiger partial charge in [0.25, 0.3) is 5.91 Å². The summed E-state index contributed by atoms with van der Waals surface area (Å²) in [7, 11) is -3.92. The minimum absolute atomic E-state index is 0.0170. The molecule has 3 fully saturated rings. The number of sulfonamides is 1. The summed E-state index contributed by atoms with van der Waals surface area (Å²) in [5.41, 5.74) is 0.772. The molecule has 280 valence electrons. The predicted molar refractivity (Wildman–Crippen MR) is 193 cm³/mol. The molecule has 2 aromatic carbocycles. The Labute approximate surface area is 304 Å². The smallest absolute Gasteiger partial charge is 0.408 e. The summed E-state index contributed by atoms with van der Waals surface area (Å²) in [4.78, 5) is 57.7. The summed E-state index contributed by atoms with van der Waals surface area (Å²) < 4.78 is 42.5. The molecule has 2 heterocycles. The Morgan fingerprint density at radius 1 is 1.08 bits per heavy atom. The van der Waals surface area contributed by atoms with Crippen LogP contribution in [-0.2, 0) is 36.4 Å². The second-order valence-corrected chi connectivity index (χ2v) is 18.0. The van der Waals surface area contributed by atoms with Crippen molar-refractivity contribution in [1.29, 1.82) is 0 Å². The van der Waals surface area contributed by atoms with E-state index in [2.05, 4.69) is 42.7 Å². The number of carbonyl (C=O) groups excluding carboxylic acids is 3. The molecule has 1 saturated heterocycles. The fourth-order valence-corrected chi connectivity index (χ4v) is 9.07. The summed E-state index contributed by atoms with van der Waals surface area (Å²) in [5, 5.41) is 15.7. The second-order valence-electron chi connectivity index (χ2n) is 16.0. The van der Waals surface area contributed by atoms with Crippen molar-refractivity contribution < 1.29 is 37.1 Å². The van der Waals surface area contributed by atoms with Crippen molar-refractivity contribution in [1.82, 2.24) is 19.8 Å². The van der Waals surface area contributed by atoms with Gasteiger partial charge in [0.05, 0.1) is 17.8 Å². The average Bonchev–Trinajstić information content (AvgIpc) is 3.97. The number of hydrogen-bond donors (Lipinski definition) is 4. The first kappa shape index (κ1) is 37.3. The zero-order chi connectivity index (χ0) is 37.9. The van der Waals surface area contributed by atoms with Crippen LogP contribution in [0.1, 0.15) is 83.0 Å². The highest BCUT2D eigenvalue weighted by Crippen LogP contribution is 2.47. The lowest BCUT2D eigenvalue weighted by Gasteiger charge is -2.32. The van der Waals surface area contributed by atoms with E-state index in [1.165, 1.54) is 23.1 Å². The number of carbonyl (C=O) groups is 4. The van der Waals surface area contributed by atoms with Crippen LogP contribution >= 0.6 is 0 Å². The molecule has 52 heavy (non-hydrogen) atoms. The normalized spacial score (nSPS) is 26.1. The molecule has 4 amide bonds. The molecule has 12 nitrogen and oxygen atoms in total. The van der Waals surface area contributed by atoms with Gasteiger partial charge in [-0.2, -0.15) is 0 Å². The number of nitrogens with zero attached hydrogens (tertiary/aromatic N) is 2. The molecule has 0 aromatic heterocycles. The number of likely N-dealkylation sites (tertiary alicyclic amines) is 1. The van der Waals surface area contributed by atoms with Crippen LogP contribution in [0.15, 0.2) is 55.1 Å². The van der Waals surface area contributed by atoms with Gasteiger partial charge in [-0.15, -0.1) is 6.58 Å². The first-order chi connectivity index (χ1) is 24.4. The van der Waals surface area contributed by atoms with E-state index in [0.717, 1.165) is 10.5 Å². The van der Waals surface area contributed by atoms with Crippen molar-refractivity contribution in [3.05, 3.63) is 77.6 Å². The van der Waals surface area contributed by atoms with Gasteiger partial charge in [-0.05, 0) is 66.3 Å². The van der Waals surface area contributed by atoms with Crippen LogP contribution in [0.4, 0.5) is 14.9 Å². The zero-order valence-corrected chi connectivity index (χ0v) is 31.0. The molecule has 1 unspecified atom stereocenters. The first-order valence-corrected chi connectivity index (χ1v) is 19.4. The van der Waals surface area contributed by atoms with Crippen LogP contribution in [0.5, 0.6) is 0 Å². The molecule has 14 heteroatoms. The maximum atomic E-state index is 15.0. The van der Waals surface area contributed by atoms with Crippen molar-refractivity contribution in [2.24, 2.45) is 17.8 Å². The third-order valence-electron chi connectivity index (χ3n) is 11.0. The van der Waals surface area contributed by atoms with Gasteiger partial charge in [0.2, 0.25) is 21.8 Å².